The minimum absolute atomic E-state index is 0.0593. The van der Waals surface area contributed by atoms with E-state index < -0.39 is 29.8 Å². The summed E-state index contributed by atoms with van der Waals surface area (Å²) < 4.78 is 61.3. The van der Waals surface area contributed by atoms with Crippen molar-refractivity contribution in [3.05, 3.63) is 70.3 Å². The van der Waals surface area contributed by atoms with Crippen LogP contribution in [0.3, 0.4) is 0 Å². The van der Waals surface area contributed by atoms with Gasteiger partial charge in [-0.3, -0.25) is 5.32 Å². The number of carbonyl (C=O) groups is 2. The van der Waals surface area contributed by atoms with Gasteiger partial charge in [-0.05, 0) is 41.1 Å². The number of alkyl halides is 3. The van der Waals surface area contributed by atoms with E-state index in [0.717, 1.165) is 23.8 Å². The molecule has 0 unspecified atom stereocenters. The Hall–Kier alpha value is -4.93. The highest BCUT2D eigenvalue weighted by atomic mass is 35.5. The lowest BCUT2D eigenvalue weighted by Gasteiger charge is -2.12. The van der Waals surface area contributed by atoms with Crippen LogP contribution in [0.25, 0.3) is 0 Å². The molecule has 0 aliphatic carbocycles. The van der Waals surface area contributed by atoms with Gasteiger partial charge in [0.1, 0.15) is 17.3 Å². The third kappa shape index (κ3) is 8.55. The summed E-state index contributed by atoms with van der Waals surface area (Å²) >= 11 is 5.74. The second-order valence-corrected chi connectivity index (χ2v) is 7.87. The summed E-state index contributed by atoms with van der Waals surface area (Å²) in [5.41, 5.74) is 7.22. The fraction of sp³-hybridized carbons (Fsp3) is 0.182. The smallest absolute Gasteiger partial charge is 0.493 e. The largest absolute Gasteiger partial charge is 0.497 e. The molecule has 0 saturated heterocycles. The Labute approximate surface area is 227 Å². The number of benzene rings is 2. The highest BCUT2D eigenvalue weighted by molar-refractivity contribution is 6.31. The Morgan fingerprint density at radius 1 is 1.15 bits per heavy atom. The van der Waals surface area contributed by atoms with Crippen LogP contribution in [-0.4, -0.2) is 47.4 Å². The number of hydroxylamine groups is 1. The lowest BCUT2D eigenvalue weighted by atomic mass is 10.2. The molecule has 1 aromatic heterocycles. The van der Waals surface area contributed by atoms with Crippen molar-refractivity contribution in [3.63, 3.8) is 0 Å². The molecule has 18 heteroatoms. The van der Waals surface area contributed by atoms with Gasteiger partial charge in [0.05, 0.1) is 30.9 Å². The van der Waals surface area contributed by atoms with E-state index in [-0.39, 0.29) is 41.1 Å². The number of halogens is 5. The molecule has 40 heavy (non-hydrogen) atoms. The summed E-state index contributed by atoms with van der Waals surface area (Å²) in [7, 11) is 1.51. The summed E-state index contributed by atoms with van der Waals surface area (Å²) in [5, 5.41) is 11.9. The van der Waals surface area contributed by atoms with Crippen LogP contribution in [0.1, 0.15) is 17.0 Å². The van der Waals surface area contributed by atoms with E-state index in [1.54, 1.807) is 29.7 Å². The Kier molecular flexibility index (Phi) is 9.80. The van der Waals surface area contributed by atoms with Crippen LogP contribution < -0.4 is 26.6 Å². The summed E-state index contributed by atoms with van der Waals surface area (Å²) in [5.74, 6) is -3.43. The Bertz CT molecular complexity index is 1410. The Morgan fingerprint density at radius 3 is 2.50 bits per heavy atom. The molecule has 0 fully saturated rings. The van der Waals surface area contributed by atoms with Gasteiger partial charge in [0, 0.05) is 0 Å². The van der Waals surface area contributed by atoms with Crippen LogP contribution in [0.15, 0.2) is 57.1 Å². The highest BCUT2D eigenvalue weighted by Crippen LogP contribution is 2.23. The highest BCUT2D eigenvalue weighted by Gasteiger charge is 2.42. The standard InChI is InChI=1S/C22H19ClF4N8O5/c1-38-13-5-2-11(3-6-13)9-29-21(32-20(28)37)30-10-16-17(34-40-33-16)18(35-39-19(36)22(25,26)27)31-12-4-7-15(24)14(23)8-12/h2-8H,9-10H2,1H3,(H,31,35)(H4,28,29,30,32,37). The van der Waals surface area contributed by atoms with Gasteiger partial charge in [0.25, 0.3) is 0 Å². The SMILES string of the molecule is COc1ccc(CN=C(NCc2nonc2C(=Nc2ccc(F)c(Cl)c2)NOC(=O)C(F)(F)F)NC(N)=O)cc1. The molecule has 0 atom stereocenters. The monoisotopic (exact) mass is 586 g/mol. The molecular weight excluding hydrogens is 568 g/mol. The molecule has 3 aromatic rings. The van der Waals surface area contributed by atoms with Gasteiger partial charge < -0.3 is 20.6 Å². The molecule has 0 radical (unpaired) electrons. The second kappa shape index (κ2) is 13.2. The van der Waals surface area contributed by atoms with Gasteiger partial charge in [-0.2, -0.15) is 18.7 Å². The van der Waals surface area contributed by atoms with E-state index in [4.69, 9.17) is 22.1 Å². The molecule has 212 valence electrons. The Balaban J connectivity index is 1.85. The zero-order valence-corrected chi connectivity index (χ0v) is 21.0. The quantitative estimate of drug-likeness (QED) is 0.140. The van der Waals surface area contributed by atoms with Crippen LogP contribution >= 0.6 is 11.6 Å². The number of nitrogens with zero attached hydrogens (tertiary/aromatic N) is 4. The maximum Gasteiger partial charge on any atom is 0.493 e. The summed E-state index contributed by atoms with van der Waals surface area (Å²) in [6.45, 7) is -0.192. The van der Waals surface area contributed by atoms with Gasteiger partial charge in [0.15, 0.2) is 17.5 Å². The average molecular weight is 587 g/mol. The van der Waals surface area contributed by atoms with E-state index in [9.17, 15) is 27.2 Å². The number of ether oxygens (including phenoxy) is 1. The minimum atomic E-state index is -5.33. The fourth-order valence-electron chi connectivity index (χ4n) is 2.79. The van der Waals surface area contributed by atoms with E-state index >= 15 is 0 Å². The fourth-order valence-corrected chi connectivity index (χ4v) is 2.96. The summed E-state index contributed by atoms with van der Waals surface area (Å²) in [6, 6.07) is 9.09. The van der Waals surface area contributed by atoms with Crippen molar-refractivity contribution in [1.29, 1.82) is 0 Å². The lowest BCUT2D eigenvalue weighted by Crippen LogP contribution is -2.43. The van der Waals surface area contributed by atoms with Gasteiger partial charge in [-0.25, -0.2) is 28.6 Å². The van der Waals surface area contributed by atoms with Crippen molar-refractivity contribution in [3.8, 4) is 5.75 Å². The van der Waals surface area contributed by atoms with Crippen molar-refractivity contribution in [1.82, 2.24) is 26.4 Å². The van der Waals surface area contributed by atoms with E-state index in [1.807, 2.05) is 0 Å². The number of nitrogens with two attached hydrogens (primary N) is 1. The molecule has 5 N–H and O–H groups in total. The number of carbonyl (C=O) groups excluding carboxylic acids is 2. The van der Waals surface area contributed by atoms with Crippen molar-refractivity contribution >= 4 is 41.1 Å². The Morgan fingerprint density at radius 2 is 1.88 bits per heavy atom. The molecule has 0 spiro atoms. The van der Waals surface area contributed by atoms with Gasteiger partial charge in [-0.1, -0.05) is 28.9 Å². The number of methoxy groups -OCH3 is 1. The maximum absolute atomic E-state index is 13.5. The predicted octanol–water partition coefficient (Wildman–Crippen LogP) is 2.87. The van der Waals surface area contributed by atoms with Crippen molar-refractivity contribution < 1.29 is 41.4 Å². The number of aromatic nitrogens is 2. The number of guanidine groups is 1. The van der Waals surface area contributed by atoms with Crippen LogP contribution in [0.5, 0.6) is 5.75 Å². The first-order chi connectivity index (χ1) is 19.0. The van der Waals surface area contributed by atoms with Crippen molar-refractivity contribution in [2.24, 2.45) is 15.7 Å². The number of hydrogen-bond donors (Lipinski definition) is 4. The van der Waals surface area contributed by atoms with E-state index in [0.29, 0.717) is 5.75 Å². The number of rotatable bonds is 7. The maximum atomic E-state index is 13.5. The van der Waals surface area contributed by atoms with Gasteiger partial charge in [-0.15, -0.1) is 0 Å². The second-order valence-electron chi connectivity index (χ2n) is 7.46. The normalized spacial score (nSPS) is 12.1. The predicted molar refractivity (Wildman–Crippen MR) is 131 cm³/mol. The van der Waals surface area contributed by atoms with Crippen molar-refractivity contribution in [2.75, 3.05) is 7.11 Å². The molecule has 2 amide bonds. The zero-order chi connectivity index (χ0) is 29.3. The number of aliphatic imine (C=N–C) groups is 2. The first kappa shape index (κ1) is 29.6. The minimum Gasteiger partial charge on any atom is -0.497 e. The van der Waals surface area contributed by atoms with E-state index in [1.165, 1.54) is 7.11 Å². The molecule has 0 aliphatic heterocycles. The van der Waals surface area contributed by atoms with Crippen LogP contribution in [0, 0.1) is 5.82 Å². The number of nitrogens with one attached hydrogen (secondary N) is 3. The number of amidine groups is 1. The van der Waals surface area contributed by atoms with Gasteiger partial charge >= 0.3 is 18.2 Å². The number of hydrogen-bond acceptors (Lipinski definition) is 9. The lowest BCUT2D eigenvalue weighted by molar-refractivity contribution is -0.203. The molecule has 0 saturated carbocycles. The molecule has 3 rings (SSSR count). The molecule has 2 aromatic carbocycles. The van der Waals surface area contributed by atoms with E-state index in [2.05, 4.69) is 40.4 Å². The third-order valence-electron chi connectivity index (χ3n) is 4.64. The number of amides is 2. The van der Waals surface area contributed by atoms with Crippen molar-refractivity contribution in [2.45, 2.75) is 19.3 Å². The third-order valence-corrected chi connectivity index (χ3v) is 4.93. The van der Waals surface area contributed by atoms with Gasteiger partial charge in [0.2, 0.25) is 0 Å². The summed E-state index contributed by atoms with van der Waals surface area (Å²) in [6.07, 6.45) is -5.33. The summed E-state index contributed by atoms with van der Waals surface area (Å²) in [4.78, 5) is 34.9. The molecule has 1 heterocycles. The molecule has 0 aliphatic rings. The number of urea groups is 1. The van der Waals surface area contributed by atoms with Crippen LogP contribution in [0.2, 0.25) is 5.02 Å². The first-order valence-corrected chi connectivity index (χ1v) is 11.2. The first-order valence-electron chi connectivity index (χ1n) is 10.8. The molecule has 0 bridgehead atoms. The zero-order valence-electron chi connectivity index (χ0n) is 20.3. The topological polar surface area (TPSA) is 178 Å². The molecular formula is C22H19ClF4N8O5. The van der Waals surface area contributed by atoms with Crippen LogP contribution in [-0.2, 0) is 22.7 Å². The molecule has 13 nitrogen and oxygen atoms in total. The number of primary amides is 1. The average Bonchev–Trinajstić information content (AvgIpc) is 3.38. The van der Waals surface area contributed by atoms with Crippen LogP contribution in [0.4, 0.5) is 28.0 Å².